The molecule has 126 valence electrons. The zero-order valence-electron chi connectivity index (χ0n) is 11.7. The Morgan fingerprint density at radius 1 is 1.00 bits per heavy atom. The van der Waals surface area contributed by atoms with Crippen LogP contribution in [0.5, 0.6) is 5.75 Å². The molecule has 0 bridgehead atoms. The number of benzene rings is 2. The van der Waals surface area contributed by atoms with E-state index in [9.17, 15) is 13.2 Å². The first kappa shape index (κ1) is 19.7. The van der Waals surface area contributed by atoms with Crippen molar-refractivity contribution < 1.29 is 52.1 Å². The molecule has 9 heteroatoms. The van der Waals surface area contributed by atoms with Crippen molar-refractivity contribution in [1.82, 2.24) is 0 Å². The second-order valence-electron chi connectivity index (χ2n) is 3.92. The number of methoxy groups -OCH3 is 1. The Labute approximate surface area is 142 Å². The summed E-state index contributed by atoms with van der Waals surface area (Å²) < 4.78 is 67.0. The Morgan fingerprint density at radius 3 is 1.96 bits per heavy atom. The van der Waals surface area contributed by atoms with Crippen LogP contribution in [0.15, 0.2) is 54.6 Å². The van der Waals surface area contributed by atoms with Crippen molar-refractivity contribution >= 4 is 10.1 Å². The van der Waals surface area contributed by atoms with Gasteiger partial charge >= 0.3 is 26.7 Å². The zero-order chi connectivity index (χ0) is 17.5. The second kappa shape index (κ2) is 8.50. The van der Waals surface area contributed by atoms with Gasteiger partial charge in [0.1, 0.15) is 0 Å². The van der Waals surface area contributed by atoms with Crippen LogP contribution in [0.3, 0.4) is 0 Å². The van der Waals surface area contributed by atoms with E-state index in [4.69, 9.17) is 17.7 Å². The number of hydrogen-bond acceptors (Lipinski definition) is 4. The lowest BCUT2D eigenvalue weighted by molar-refractivity contribution is -0.598. The van der Waals surface area contributed by atoms with Gasteiger partial charge in [-0.05, 0) is 24.3 Å². The van der Waals surface area contributed by atoms with Gasteiger partial charge in [-0.1, -0.05) is 30.3 Å². The lowest BCUT2D eigenvalue weighted by Crippen LogP contribution is -3.61. The molecule has 0 radical (unpaired) electrons. The second-order valence-corrected chi connectivity index (χ2v) is 8.24. The molecule has 0 spiro atoms. The van der Waals surface area contributed by atoms with Crippen LogP contribution in [0.1, 0.15) is 0 Å². The maximum Gasteiger partial charge on any atom is 0.485 e. The Morgan fingerprint density at radius 2 is 1.48 bits per heavy atom. The number of rotatable bonds is 3. The molecular formula is C14H12F3IO4S. The van der Waals surface area contributed by atoms with E-state index < -0.39 is 15.6 Å². The van der Waals surface area contributed by atoms with Crippen molar-refractivity contribution in [3.63, 3.8) is 0 Å². The van der Waals surface area contributed by atoms with Crippen LogP contribution < -0.4 is 25.9 Å². The molecule has 0 aromatic heterocycles. The summed E-state index contributed by atoms with van der Waals surface area (Å²) in [5.74, 6) is 1.01. The van der Waals surface area contributed by atoms with Crippen LogP contribution in [0.2, 0.25) is 0 Å². The van der Waals surface area contributed by atoms with Gasteiger partial charge in [0.15, 0.2) is 19.4 Å². The van der Waals surface area contributed by atoms with E-state index >= 15 is 0 Å². The highest BCUT2D eigenvalue weighted by Gasteiger charge is 2.36. The van der Waals surface area contributed by atoms with E-state index in [1.807, 2.05) is 12.1 Å². The molecule has 0 atom stereocenters. The van der Waals surface area contributed by atoms with Crippen molar-refractivity contribution in [3.05, 3.63) is 61.7 Å². The van der Waals surface area contributed by atoms with Gasteiger partial charge in [-0.2, -0.15) is 13.2 Å². The molecule has 2 rings (SSSR count). The minimum atomic E-state index is -6.09. The SMILES string of the molecule is COc1ccccc1[I+]c1ccccc1.O=S(=O)([O-])C(F)(F)F. The Hall–Kier alpha value is -1.33. The zero-order valence-corrected chi connectivity index (χ0v) is 14.7. The summed E-state index contributed by atoms with van der Waals surface area (Å²) in [4.78, 5) is 0. The third kappa shape index (κ3) is 6.75. The Bertz CT molecular complexity index is 718. The summed E-state index contributed by atoms with van der Waals surface area (Å²) in [6, 6.07) is 18.8. The fraction of sp³-hybridized carbons (Fsp3) is 0.143. The first-order chi connectivity index (χ1) is 10.6. The topological polar surface area (TPSA) is 66.4 Å². The van der Waals surface area contributed by atoms with Crippen LogP contribution in [0.4, 0.5) is 13.2 Å². The molecule has 0 N–H and O–H groups in total. The number of ether oxygens (including phenoxy) is 1. The van der Waals surface area contributed by atoms with E-state index in [1.165, 1.54) is 7.14 Å². The molecule has 0 saturated heterocycles. The summed E-state index contributed by atoms with van der Waals surface area (Å²) in [6.45, 7) is 0. The highest BCUT2D eigenvalue weighted by Crippen LogP contribution is 2.20. The third-order valence-electron chi connectivity index (χ3n) is 2.28. The number of para-hydroxylation sites is 1. The first-order valence-electron chi connectivity index (χ1n) is 6.00. The monoisotopic (exact) mass is 460 g/mol. The molecule has 0 aliphatic heterocycles. The predicted octanol–water partition coefficient (Wildman–Crippen LogP) is -0.125. The molecule has 2 aromatic carbocycles. The van der Waals surface area contributed by atoms with E-state index in [0.717, 1.165) is 5.75 Å². The molecule has 0 unspecified atom stereocenters. The van der Waals surface area contributed by atoms with Crippen molar-refractivity contribution in [2.75, 3.05) is 7.11 Å². The van der Waals surface area contributed by atoms with Gasteiger partial charge in [-0.25, -0.2) is 8.42 Å². The standard InChI is InChI=1S/C13H12IO.CHF3O3S/c1-15-13-10-6-5-9-12(13)14-11-7-3-2-4-8-11;2-1(3,4)8(5,6)7/h2-10H,1H3;(H,5,6,7)/q+1;/p-1. The van der Waals surface area contributed by atoms with Gasteiger partial charge in [0, 0.05) is 0 Å². The van der Waals surface area contributed by atoms with Crippen LogP contribution in [-0.2, 0) is 10.1 Å². The van der Waals surface area contributed by atoms with Gasteiger partial charge in [-0.3, -0.25) is 0 Å². The number of hydrogen-bond donors (Lipinski definition) is 0. The molecule has 4 nitrogen and oxygen atoms in total. The van der Waals surface area contributed by atoms with E-state index in [0.29, 0.717) is 0 Å². The lowest BCUT2D eigenvalue weighted by Gasteiger charge is -2.08. The van der Waals surface area contributed by atoms with Gasteiger partial charge in [-0.15, -0.1) is 0 Å². The first-order valence-corrected chi connectivity index (χ1v) is 9.57. The summed E-state index contributed by atoms with van der Waals surface area (Å²) in [5.41, 5.74) is -5.65. The quantitative estimate of drug-likeness (QED) is 0.364. The van der Waals surface area contributed by atoms with Gasteiger partial charge < -0.3 is 9.29 Å². The van der Waals surface area contributed by atoms with Crippen LogP contribution in [0, 0.1) is 7.14 Å². The average molecular weight is 460 g/mol. The largest absolute Gasteiger partial charge is 0.741 e. The lowest BCUT2D eigenvalue weighted by atomic mass is 10.3. The summed E-state index contributed by atoms with van der Waals surface area (Å²) in [7, 11) is -4.36. The highest BCUT2D eigenvalue weighted by molar-refractivity contribution is 7.86. The normalized spacial score (nSPS) is 11.3. The Balaban J connectivity index is 0.000000284. The van der Waals surface area contributed by atoms with Gasteiger partial charge in [0.05, 0.1) is 7.11 Å². The summed E-state index contributed by atoms with van der Waals surface area (Å²) in [6.07, 6.45) is 0. The molecule has 0 aliphatic rings. The molecule has 0 aliphatic carbocycles. The average Bonchev–Trinajstić information content (AvgIpc) is 2.47. The van der Waals surface area contributed by atoms with Crippen LogP contribution in [0.25, 0.3) is 0 Å². The number of halogens is 4. The summed E-state index contributed by atoms with van der Waals surface area (Å²) >= 11 is -0.124. The molecule has 23 heavy (non-hydrogen) atoms. The molecular weight excluding hydrogens is 448 g/mol. The van der Waals surface area contributed by atoms with E-state index in [2.05, 4.69) is 42.5 Å². The minimum absolute atomic E-state index is 0.124. The van der Waals surface area contributed by atoms with Crippen molar-refractivity contribution in [2.45, 2.75) is 5.51 Å². The van der Waals surface area contributed by atoms with Gasteiger partial charge in [0.25, 0.3) is 0 Å². The molecule has 0 fully saturated rings. The predicted molar refractivity (Wildman–Crippen MR) is 72.6 cm³/mol. The minimum Gasteiger partial charge on any atom is -0.741 e. The van der Waals surface area contributed by atoms with Crippen LogP contribution in [-0.4, -0.2) is 25.6 Å². The van der Waals surface area contributed by atoms with Crippen LogP contribution >= 0.6 is 0 Å². The smallest absolute Gasteiger partial charge is 0.485 e. The maximum atomic E-state index is 10.7. The Kier molecular flexibility index (Phi) is 7.29. The van der Waals surface area contributed by atoms with Crippen molar-refractivity contribution in [1.29, 1.82) is 0 Å². The molecule has 2 aromatic rings. The maximum absolute atomic E-state index is 10.7. The fourth-order valence-electron chi connectivity index (χ4n) is 1.28. The third-order valence-corrected chi connectivity index (χ3v) is 5.67. The van der Waals surface area contributed by atoms with Gasteiger partial charge in [0.2, 0.25) is 3.57 Å². The van der Waals surface area contributed by atoms with E-state index in [1.54, 1.807) is 7.11 Å². The molecule has 0 amide bonds. The molecule has 0 saturated carbocycles. The van der Waals surface area contributed by atoms with Crippen molar-refractivity contribution in [2.24, 2.45) is 0 Å². The number of alkyl halides is 3. The molecule has 0 heterocycles. The summed E-state index contributed by atoms with van der Waals surface area (Å²) in [5, 5.41) is 0. The fourth-order valence-corrected chi connectivity index (χ4v) is 3.78. The van der Waals surface area contributed by atoms with E-state index in [-0.39, 0.29) is 21.2 Å². The van der Waals surface area contributed by atoms with Crippen molar-refractivity contribution in [3.8, 4) is 5.75 Å². The highest BCUT2D eigenvalue weighted by atomic mass is 127.